The first-order chi connectivity index (χ1) is 6.45. The van der Waals surface area contributed by atoms with Crippen LogP contribution >= 0.6 is 0 Å². The second-order valence-electron chi connectivity index (χ2n) is 5.30. The van der Waals surface area contributed by atoms with Crippen molar-refractivity contribution in [3.8, 4) is 0 Å². The molecule has 2 atom stereocenters. The maximum Gasteiger partial charge on any atom is 0.307 e. The van der Waals surface area contributed by atoms with Crippen LogP contribution < -0.4 is 0 Å². The Morgan fingerprint density at radius 2 is 2.21 bits per heavy atom. The second-order valence-corrected chi connectivity index (χ2v) is 5.30. The summed E-state index contributed by atoms with van der Waals surface area (Å²) in [6.07, 6.45) is 6.94. The molecule has 1 fully saturated rings. The molecule has 0 aromatic heterocycles. The van der Waals surface area contributed by atoms with Gasteiger partial charge in [-0.05, 0) is 24.8 Å². The van der Waals surface area contributed by atoms with Crippen molar-refractivity contribution in [3.05, 3.63) is 12.2 Å². The number of carbonyl (C=O) groups is 1. The van der Waals surface area contributed by atoms with Crippen molar-refractivity contribution < 1.29 is 9.53 Å². The summed E-state index contributed by atoms with van der Waals surface area (Å²) in [5, 5.41) is 0. The van der Waals surface area contributed by atoms with E-state index in [0.29, 0.717) is 12.3 Å². The van der Waals surface area contributed by atoms with Crippen molar-refractivity contribution in [2.75, 3.05) is 0 Å². The highest BCUT2D eigenvalue weighted by atomic mass is 16.6. The van der Waals surface area contributed by atoms with Crippen molar-refractivity contribution in [1.82, 2.24) is 0 Å². The van der Waals surface area contributed by atoms with Crippen LogP contribution in [-0.2, 0) is 9.53 Å². The van der Waals surface area contributed by atoms with Gasteiger partial charge in [-0.1, -0.05) is 26.8 Å². The van der Waals surface area contributed by atoms with E-state index in [-0.39, 0.29) is 17.0 Å². The SMILES string of the molecule is C[C@H]1C=C[C@@]2(CC1)OC(=O)CC2(C)C. The Labute approximate surface area is 85.3 Å². The van der Waals surface area contributed by atoms with Crippen molar-refractivity contribution in [2.45, 2.75) is 45.6 Å². The number of allylic oxidation sites excluding steroid dienone is 1. The summed E-state index contributed by atoms with van der Waals surface area (Å²) < 4.78 is 5.53. The minimum absolute atomic E-state index is 0.0409. The van der Waals surface area contributed by atoms with Crippen LogP contribution in [0.4, 0.5) is 0 Å². The third-order valence-electron chi connectivity index (χ3n) is 3.69. The summed E-state index contributed by atoms with van der Waals surface area (Å²) in [5.41, 5.74) is -0.350. The van der Waals surface area contributed by atoms with Gasteiger partial charge in [0.2, 0.25) is 0 Å². The molecule has 1 heterocycles. The lowest BCUT2D eigenvalue weighted by Gasteiger charge is -2.39. The second kappa shape index (κ2) is 2.85. The van der Waals surface area contributed by atoms with Crippen molar-refractivity contribution in [1.29, 1.82) is 0 Å². The molecule has 2 rings (SSSR count). The highest BCUT2D eigenvalue weighted by Gasteiger charge is 2.53. The van der Waals surface area contributed by atoms with Crippen LogP contribution in [0.2, 0.25) is 0 Å². The fourth-order valence-electron chi connectivity index (χ4n) is 2.48. The Kier molecular flexibility index (Phi) is 1.98. The van der Waals surface area contributed by atoms with Crippen molar-refractivity contribution >= 4 is 5.97 Å². The highest BCUT2D eigenvalue weighted by Crippen LogP contribution is 2.49. The minimum Gasteiger partial charge on any atom is -0.454 e. The summed E-state index contributed by atoms with van der Waals surface area (Å²) in [7, 11) is 0. The predicted octanol–water partition coefficient (Wildman–Crippen LogP) is 2.68. The number of esters is 1. The fourth-order valence-corrected chi connectivity index (χ4v) is 2.48. The molecule has 2 nitrogen and oxygen atoms in total. The molecule has 1 saturated heterocycles. The average Bonchev–Trinajstić information content (AvgIpc) is 2.28. The van der Waals surface area contributed by atoms with Crippen molar-refractivity contribution in [2.24, 2.45) is 11.3 Å². The Morgan fingerprint density at radius 3 is 2.64 bits per heavy atom. The first kappa shape index (κ1) is 9.75. The van der Waals surface area contributed by atoms with Crippen LogP contribution in [-0.4, -0.2) is 11.6 Å². The number of hydrogen-bond donors (Lipinski definition) is 0. The van der Waals surface area contributed by atoms with Crippen LogP contribution in [0.1, 0.15) is 40.0 Å². The first-order valence-corrected chi connectivity index (χ1v) is 5.36. The third-order valence-corrected chi connectivity index (χ3v) is 3.69. The molecule has 0 aromatic rings. The number of carbonyl (C=O) groups excluding carboxylic acids is 1. The fraction of sp³-hybridized carbons (Fsp3) is 0.750. The van der Waals surface area contributed by atoms with E-state index in [1.165, 1.54) is 0 Å². The molecule has 0 unspecified atom stereocenters. The summed E-state index contributed by atoms with van der Waals surface area (Å²) >= 11 is 0. The molecule has 0 amide bonds. The molecule has 2 aliphatic rings. The van der Waals surface area contributed by atoms with Gasteiger partial charge in [-0.2, -0.15) is 0 Å². The number of rotatable bonds is 0. The van der Waals surface area contributed by atoms with Gasteiger partial charge in [0.15, 0.2) is 0 Å². The summed E-state index contributed by atoms with van der Waals surface area (Å²) in [4.78, 5) is 11.4. The molecule has 1 aliphatic heterocycles. The van der Waals surface area contributed by atoms with E-state index in [4.69, 9.17) is 4.74 Å². The lowest BCUT2D eigenvalue weighted by molar-refractivity contribution is -0.147. The van der Waals surface area contributed by atoms with Gasteiger partial charge in [-0.3, -0.25) is 4.79 Å². The van der Waals surface area contributed by atoms with Crippen LogP contribution in [0, 0.1) is 11.3 Å². The van der Waals surface area contributed by atoms with Gasteiger partial charge < -0.3 is 4.74 Å². The zero-order valence-electron chi connectivity index (χ0n) is 9.17. The molecule has 1 aliphatic carbocycles. The maximum atomic E-state index is 11.4. The topological polar surface area (TPSA) is 26.3 Å². The first-order valence-electron chi connectivity index (χ1n) is 5.36. The molecular weight excluding hydrogens is 176 g/mol. The quantitative estimate of drug-likeness (QED) is 0.438. The van der Waals surface area contributed by atoms with Crippen LogP contribution in [0.3, 0.4) is 0 Å². The lowest BCUT2D eigenvalue weighted by atomic mass is 9.69. The standard InChI is InChI=1S/C12H18O2/c1-9-4-6-12(7-5-9)11(2,3)8-10(13)14-12/h4,6,9H,5,7-8H2,1-3H3/t9-,12-/m0/s1. The summed E-state index contributed by atoms with van der Waals surface area (Å²) in [6, 6.07) is 0. The van der Waals surface area contributed by atoms with Crippen LogP contribution in [0.5, 0.6) is 0 Å². The number of hydrogen-bond acceptors (Lipinski definition) is 2. The van der Waals surface area contributed by atoms with E-state index < -0.39 is 0 Å². The van der Waals surface area contributed by atoms with E-state index in [9.17, 15) is 4.79 Å². The molecule has 0 radical (unpaired) electrons. The number of ether oxygens (including phenoxy) is 1. The molecule has 14 heavy (non-hydrogen) atoms. The van der Waals surface area contributed by atoms with Gasteiger partial charge in [0.25, 0.3) is 0 Å². The normalized spacial score (nSPS) is 40.2. The van der Waals surface area contributed by atoms with E-state index in [2.05, 4.69) is 32.9 Å². The zero-order valence-corrected chi connectivity index (χ0v) is 9.17. The molecule has 0 N–H and O–H groups in total. The largest absolute Gasteiger partial charge is 0.454 e. The molecule has 2 heteroatoms. The van der Waals surface area contributed by atoms with Gasteiger partial charge >= 0.3 is 5.97 Å². The van der Waals surface area contributed by atoms with E-state index in [1.54, 1.807) is 0 Å². The molecule has 0 saturated carbocycles. The highest BCUT2D eigenvalue weighted by molar-refractivity contribution is 5.74. The van der Waals surface area contributed by atoms with E-state index in [0.717, 1.165) is 12.8 Å². The van der Waals surface area contributed by atoms with Gasteiger partial charge in [0.05, 0.1) is 6.42 Å². The molecule has 0 bridgehead atoms. The Bertz CT molecular complexity index is 291. The molecular formula is C12H18O2. The van der Waals surface area contributed by atoms with Gasteiger partial charge in [0.1, 0.15) is 5.60 Å². The average molecular weight is 194 g/mol. The summed E-state index contributed by atoms with van der Waals surface area (Å²) in [5.74, 6) is 0.574. The lowest BCUT2D eigenvalue weighted by Crippen LogP contribution is -2.41. The minimum atomic E-state index is -0.309. The van der Waals surface area contributed by atoms with Crippen LogP contribution in [0.25, 0.3) is 0 Å². The monoisotopic (exact) mass is 194 g/mol. The van der Waals surface area contributed by atoms with Gasteiger partial charge in [-0.25, -0.2) is 0 Å². The summed E-state index contributed by atoms with van der Waals surface area (Å²) in [6.45, 7) is 6.45. The van der Waals surface area contributed by atoms with Gasteiger partial charge in [-0.15, -0.1) is 0 Å². The van der Waals surface area contributed by atoms with Crippen molar-refractivity contribution in [3.63, 3.8) is 0 Å². The molecule has 1 spiro atoms. The molecule has 0 aromatic carbocycles. The van der Waals surface area contributed by atoms with Gasteiger partial charge in [0, 0.05) is 5.41 Å². The van der Waals surface area contributed by atoms with E-state index in [1.807, 2.05) is 0 Å². The molecule has 78 valence electrons. The van der Waals surface area contributed by atoms with E-state index >= 15 is 0 Å². The maximum absolute atomic E-state index is 11.4. The van der Waals surface area contributed by atoms with Crippen LogP contribution in [0.15, 0.2) is 12.2 Å². The smallest absolute Gasteiger partial charge is 0.307 e. The third kappa shape index (κ3) is 1.28. The Morgan fingerprint density at radius 1 is 1.50 bits per heavy atom. The Hall–Kier alpha value is -0.790. The Balaban J connectivity index is 2.32. The zero-order chi connectivity index (χ0) is 10.4. The predicted molar refractivity (Wildman–Crippen MR) is 54.8 cm³/mol.